The van der Waals surface area contributed by atoms with Gasteiger partial charge in [0.05, 0.1) is 24.1 Å². The fourth-order valence-corrected chi connectivity index (χ4v) is 2.38. The zero-order valence-corrected chi connectivity index (χ0v) is 10.4. The Balaban J connectivity index is 1.93. The first kappa shape index (κ1) is 12.5. The fourth-order valence-electron chi connectivity index (χ4n) is 2.38. The van der Waals surface area contributed by atoms with Gasteiger partial charge in [0.25, 0.3) is 0 Å². The van der Waals surface area contributed by atoms with E-state index in [2.05, 4.69) is 10.3 Å². The molecule has 1 fully saturated rings. The highest BCUT2D eigenvalue weighted by Gasteiger charge is 2.65. The Labute approximate surface area is 105 Å². The molecule has 5 nitrogen and oxygen atoms in total. The third-order valence-electron chi connectivity index (χ3n) is 3.55. The van der Waals surface area contributed by atoms with E-state index in [9.17, 15) is 9.59 Å². The summed E-state index contributed by atoms with van der Waals surface area (Å²) in [5.41, 5.74) is 0.302. The van der Waals surface area contributed by atoms with E-state index in [4.69, 9.17) is 5.11 Å². The third-order valence-corrected chi connectivity index (χ3v) is 3.55. The van der Waals surface area contributed by atoms with Gasteiger partial charge >= 0.3 is 5.97 Å². The van der Waals surface area contributed by atoms with Crippen LogP contribution in [0.5, 0.6) is 0 Å². The van der Waals surface area contributed by atoms with Crippen LogP contribution in [-0.4, -0.2) is 22.0 Å². The van der Waals surface area contributed by atoms with E-state index in [-0.39, 0.29) is 5.91 Å². The van der Waals surface area contributed by atoms with Crippen molar-refractivity contribution in [1.29, 1.82) is 0 Å². The van der Waals surface area contributed by atoms with Gasteiger partial charge in [-0.1, -0.05) is 19.9 Å². The van der Waals surface area contributed by atoms with Crippen molar-refractivity contribution in [3.8, 4) is 0 Å². The number of rotatable bonds is 4. The molecule has 0 unspecified atom stereocenters. The smallest absolute Gasteiger partial charge is 0.307 e. The molecule has 0 aliphatic heterocycles. The average molecular weight is 248 g/mol. The van der Waals surface area contributed by atoms with Crippen molar-refractivity contribution < 1.29 is 14.7 Å². The van der Waals surface area contributed by atoms with Gasteiger partial charge in [0, 0.05) is 6.20 Å². The lowest BCUT2D eigenvalue weighted by molar-refractivity contribution is -0.140. The van der Waals surface area contributed by atoms with Gasteiger partial charge in [0.15, 0.2) is 0 Å². The molecule has 2 rings (SSSR count). The molecule has 1 aromatic rings. The van der Waals surface area contributed by atoms with Crippen molar-refractivity contribution in [2.75, 3.05) is 0 Å². The summed E-state index contributed by atoms with van der Waals surface area (Å²) in [6.07, 6.45) is 1.66. The van der Waals surface area contributed by atoms with Crippen LogP contribution in [0.25, 0.3) is 0 Å². The summed E-state index contributed by atoms with van der Waals surface area (Å²) in [5.74, 6) is -2.14. The second-order valence-corrected chi connectivity index (χ2v) is 5.15. The molecule has 1 saturated carbocycles. The zero-order valence-electron chi connectivity index (χ0n) is 10.4. The van der Waals surface area contributed by atoms with Gasteiger partial charge < -0.3 is 10.4 Å². The van der Waals surface area contributed by atoms with Crippen LogP contribution >= 0.6 is 0 Å². The lowest BCUT2D eigenvalue weighted by Crippen LogP contribution is -2.27. The van der Waals surface area contributed by atoms with E-state index in [1.54, 1.807) is 26.1 Å². The van der Waals surface area contributed by atoms with Gasteiger partial charge in [-0.25, -0.2) is 0 Å². The quantitative estimate of drug-likeness (QED) is 0.834. The predicted octanol–water partition coefficient (Wildman–Crippen LogP) is 1.05. The minimum Gasteiger partial charge on any atom is -0.481 e. The highest BCUT2D eigenvalue weighted by molar-refractivity contribution is 5.91. The van der Waals surface area contributed by atoms with Crippen molar-refractivity contribution in [1.82, 2.24) is 10.3 Å². The summed E-state index contributed by atoms with van der Waals surface area (Å²) in [6.45, 7) is 3.94. The third kappa shape index (κ3) is 2.20. The summed E-state index contributed by atoms with van der Waals surface area (Å²) < 4.78 is 0. The number of aliphatic carboxylic acids is 1. The molecule has 5 heteroatoms. The first-order valence-electron chi connectivity index (χ1n) is 5.85. The second kappa shape index (κ2) is 4.40. The topological polar surface area (TPSA) is 79.3 Å². The largest absolute Gasteiger partial charge is 0.481 e. The summed E-state index contributed by atoms with van der Waals surface area (Å²) >= 11 is 0. The molecule has 0 spiro atoms. The number of nitrogens with one attached hydrogen (secondary N) is 1. The van der Waals surface area contributed by atoms with Crippen molar-refractivity contribution >= 4 is 11.9 Å². The van der Waals surface area contributed by atoms with Crippen molar-refractivity contribution in [3.05, 3.63) is 30.1 Å². The van der Waals surface area contributed by atoms with Crippen LogP contribution in [-0.2, 0) is 16.1 Å². The standard InChI is InChI=1S/C13H16N2O3/c1-13(2)9(10(13)12(17)18)11(16)15-7-8-5-3-4-6-14-8/h3-6,9-10H,7H2,1-2H3,(H,15,16)(H,17,18)/t9-,10+/m1/s1. The van der Waals surface area contributed by atoms with Crippen LogP contribution < -0.4 is 5.32 Å². The van der Waals surface area contributed by atoms with Gasteiger partial charge in [0.1, 0.15) is 0 Å². The molecule has 0 saturated heterocycles. The second-order valence-electron chi connectivity index (χ2n) is 5.15. The van der Waals surface area contributed by atoms with Crippen LogP contribution in [0, 0.1) is 17.3 Å². The number of carboxylic acids is 1. The molecule has 0 radical (unpaired) electrons. The Bertz CT molecular complexity index is 470. The Kier molecular flexibility index (Phi) is 3.07. The van der Waals surface area contributed by atoms with Crippen molar-refractivity contribution in [2.24, 2.45) is 17.3 Å². The summed E-state index contributed by atoms with van der Waals surface area (Å²) in [4.78, 5) is 27.0. The number of amides is 1. The SMILES string of the molecule is CC1(C)[C@H](C(=O)O)[C@@H]1C(=O)NCc1ccccn1. The maximum absolute atomic E-state index is 11.9. The summed E-state index contributed by atoms with van der Waals surface area (Å²) in [5, 5.41) is 11.7. The van der Waals surface area contributed by atoms with E-state index in [0.717, 1.165) is 5.69 Å². The first-order valence-corrected chi connectivity index (χ1v) is 5.85. The van der Waals surface area contributed by atoms with E-state index < -0.39 is 23.2 Å². The number of carboxylic acid groups (broad SMARTS) is 1. The molecule has 1 heterocycles. The Morgan fingerprint density at radius 3 is 2.61 bits per heavy atom. The normalized spacial score (nSPS) is 24.3. The lowest BCUT2D eigenvalue weighted by atomic mass is 10.1. The monoisotopic (exact) mass is 248 g/mol. The van der Waals surface area contributed by atoms with Crippen LogP contribution in [0.15, 0.2) is 24.4 Å². The number of hydrogen-bond acceptors (Lipinski definition) is 3. The maximum Gasteiger partial charge on any atom is 0.307 e. The van der Waals surface area contributed by atoms with Crippen LogP contribution in [0.2, 0.25) is 0 Å². The van der Waals surface area contributed by atoms with E-state index in [1.807, 2.05) is 12.1 Å². The minimum atomic E-state index is -0.905. The maximum atomic E-state index is 11.9. The van der Waals surface area contributed by atoms with Crippen LogP contribution in [0.1, 0.15) is 19.5 Å². The molecular formula is C13H16N2O3. The number of nitrogens with zero attached hydrogens (tertiary/aromatic N) is 1. The zero-order chi connectivity index (χ0) is 13.3. The molecule has 96 valence electrons. The Morgan fingerprint density at radius 2 is 2.11 bits per heavy atom. The first-order chi connectivity index (χ1) is 8.44. The summed E-state index contributed by atoms with van der Waals surface area (Å²) in [6, 6.07) is 5.46. The molecule has 18 heavy (non-hydrogen) atoms. The Hall–Kier alpha value is -1.91. The highest BCUT2D eigenvalue weighted by Crippen LogP contribution is 2.58. The van der Waals surface area contributed by atoms with Gasteiger partial charge in [0.2, 0.25) is 5.91 Å². The predicted molar refractivity (Wildman–Crippen MR) is 64.5 cm³/mol. The lowest BCUT2D eigenvalue weighted by Gasteiger charge is -2.05. The van der Waals surface area contributed by atoms with E-state index in [0.29, 0.717) is 6.54 Å². The van der Waals surface area contributed by atoms with E-state index >= 15 is 0 Å². The highest BCUT2D eigenvalue weighted by atomic mass is 16.4. The average Bonchev–Trinajstić information content (AvgIpc) is 2.91. The molecular weight excluding hydrogens is 232 g/mol. The number of pyridine rings is 1. The van der Waals surface area contributed by atoms with Gasteiger partial charge in [-0.2, -0.15) is 0 Å². The van der Waals surface area contributed by atoms with E-state index in [1.165, 1.54) is 0 Å². The molecule has 2 N–H and O–H groups in total. The number of hydrogen-bond donors (Lipinski definition) is 2. The Morgan fingerprint density at radius 1 is 1.39 bits per heavy atom. The molecule has 1 aromatic heterocycles. The molecule has 2 atom stereocenters. The summed E-state index contributed by atoms with van der Waals surface area (Å²) in [7, 11) is 0. The molecule has 0 bridgehead atoms. The molecule has 1 aliphatic rings. The van der Waals surface area contributed by atoms with Gasteiger partial charge in [-0.3, -0.25) is 14.6 Å². The molecule has 1 amide bonds. The number of carbonyl (C=O) groups excluding carboxylic acids is 1. The van der Waals surface area contributed by atoms with Crippen molar-refractivity contribution in [3.63, 3.8) is 0 Å². The fraction of sp³-hybridized carbons (Fsp3) is 0.462. The number of carbonyl (C=O) groups is 2. The van der Waals surface area contributed by atoms with Gasteiger partial charge in [-0.15, -0.1) is 0 Å². The number of aromatic nitrogens is 1. The van der Waals surface area contributed by atoms with Gasteiger partial charge in [-0.05, 0) is 17.5 Å². The van der Waals surface area contributed by atoms with Crippen LogP contribution in [0.3, 0.4) is 0 Å². The molecule has 0 aromatic carbocycles. The minimum absolute atomic E-state index is 0.210. The molecule has 1 aliphatic carbocycles. The van der Waals surface area contributed by atoms with Crippen molar-refractivity contribution in [2.45, 2.75) is 20.4 Å². The van der Waals surface area contributed by atoms with Crippen LogP contribution in [0.4, 0.5) is 0 Å².